The molecular formula is C35H36Cl2FN5O9S2. The fourth-order valence-corrected chi connectivity index (χ4v) is 7.03. The van der Waals surface area contributed by atoms with Crippen molar-refractivity contribution in [3.05, 3.63) is 111 Å². The predicted octanol–water partition coefficient (Wildman–Crippen LogP) is 4.96. The van der Waals surface area contributed by atoms with E-state index in [1.54, 1.807) is 16.3 Å². The molecule has 1 aliphatic heterocycles. The normalized spacial score (nSPS) is 12.6. The number of ether oxygens (including phenoxy) is 3. The number of hydrogen-bond acceptors (Lipinski definition) is 12. The second-order valence-corrected chi connectivity index (χ2v) is 14.8. The maximum atomic E-state index is 14.3. The van der Waals surface area contributed by atoms with Gasteiger partial charge in [0, 0.05) is 36.8 Å². The summed E-state index contributed by atoms with van der Waals surface area (Å²) >= 11 is 14.3. The molecule has 0 saturated carbocycles. The molecule has 0 amide bonds. The van der Waals surface area contributed by atoms with Crippen molar-refractivity contribution in [2.75, 3.05) is 19.5 Å². The number of aryl methyl sites for hydroxylation is 1. The fourth-order valence-electron chi connectivity index (χ4n) is 4.85. The third-order valence-electron chi connectivity index (χ3n) is 7.84. The highest BCUT2D eigenvalue weighted by molar-refractivity contribution is 8.00. The van der Waals surface area contributed by atoms with E-state index in [-0.39, 0.29) is 44.2 Å². The van der Waals surface area contributed by atoms with E-state index in [2.05, 4.69) is 16.3 Å². The first kappa shape index (κ1) is 42.0. The van der Waals surface area contributed by atoms with Crippen LogP contribution in [0.5, 0.6) is 0 Å². The van der Waals surface area contributed by atoms with Gasteiger partial charge < -0.3 is 18.8 Å². The number of fused-ring (bicyclic) bond motifs is 1. The van der Waals surface area contributed by atoms with Crippen LogP contribution in [0.3, 0.4) is 0 Å². The quantitative estimate of drug-likeness (QED) is 0.0926. The van der Waals surface area contributed by atoms with Gasteiger partial charge in [-0.15, -0.1) is 11.8 Å². The molecule has 0 saturated heterocycles. The topological polar surface area (TPSA) is 162 Å². The zero-order chi connectivity index (χ0) is 39.9. The first-order chi connectivity index (χ1) is 25.5. The lowest BCUT2D eigenvalue weighted by Gasteiger charge is -2.23. The van der Waals surface area contributed by atoms with Crippen LogP contribution < -0.4 is 20.9 Å². The summed E-state index contributed by atoms with van der Waals surface area (Å²) < 4.78 is 34.6. The molecule has 0 fully saturated rings. The average molecular weight is 825 g/mol. The Balaban J connectivity index is 0.000000243. The number of carbonyl (C=O) groups excluding carboxylic acids is 3. The highest BCUT2D eigenvalue weighted by atomic mass is 35.5. The van der Waals surface area contributed by atoms with Crippen LogP contribution in [-0.2, 0) is 43.9 Å². The summed E-state index contributed by atoms with van der Waals surface area (Å²) in [6.45, 7) is 9.10. The molecule has 0 atom stereocenters. The molecular weight excluding hydrogens is 788 g/mol. The lowest BCUT2D eigenvalue weighted by atomic mass is 10.1. The van der Waals surface area contributed by atoms with Crippen LogP contribution in [-0.4, -0.2) is 61.5 Å². The van der Waals surface area contributed by atoms with Gasteiger partial charge in [0.2, 0.25) is 10.4 Å². The molecule has 14 nitrogen and oxygen atoms in total. The van der Waals surface area contributed by atoms with Gasteiger partial charge in [-0.1, -0.05) is 35.9 Å². The highest BCUT2D eigenvalue weighted by Gasteiger charge is 2.35. The lowest BCUT2D eigenvalue weighted by Crippen LogP contribution is -2.39. The van der Waals surface area contributed by atoms with E-state index in [1.165, 1.54) is 69.0 Å². The van der Waals surface area contributed by atoms with Gasteiger partial charge in [0.15, 0.2) is 0 Å². The van der Waals surface area contributed by atoms with Crippen LogP contribution in [0.1, 0.15) is 42.7 Å². The zero-order valence-electron chi connectivity index (χ0n) is 29.9. The van der Waals surface area contributed by atoms with E-state index in [1.807, 2.05) is 0 Å². The zero-order valence-corrected chi connectivity index (χ0v) is 33.0. The first-order valence-electron chi connectivity index (χ1n) is 16.1. The number of benzene rings is 2. The lowest BCUT2D eigenvalue weighted by molar-refractivity contribution is -0.161. The summed E-state index contributed by atoms with van der Waals surface area (Å²) in [5.74, 6) is -2.59. The summed E-state index contributed by atoms with van der Waals surface area (Å²) in [5.41, 5.74) is -2.12. The number of methoxy groups -OCH3 is 1. The molecule has 0 radical (unpaired) electrons. The number of esters is 3. The van der Waals surface area contributed by atoms with Gasteiger partial charge >= 0.3 is 28.5 Å². The molecule has 19 heteroatoms. The number of hydrogen-bond donors (Lipinski definition) is 0. The number of nitrogens with zero attached hydrogens (tertiary/aromatic N) is 5. The molecule has 4 aromatic rings. The number of halogens is 3. The molecule has 5 rings (SSSR count). The molecule has 54 heavy (non-hydrogen) atoms. The minimum absolute atomic E-state index is 0.0321. The second kappa shape index (κ2) is 18.1. The monoisotopic (exact) mass is 823 g/mol. The van der Waals surface area contributed by atoms with Crippen LogP contribution in [0, 0.1) is 12.7 Å². The molecule has 0 bridgehead atoms. The van der Waals surface area contributed by atoms with Crippen molar-refractivity contribution < 1.29 is 33.0 Å². The van der Waals surface area contributed by atoms with Gasteiger partial charge in [0.05, 0.1) is 34.2 Å². The number of thioether (sulfide) groups is 1. The molecule has 2 aromatic heterocycles. The van der Waals surface area contributed by atoms with E-state index >= 15 is 0 Å². The summed E-state index contributed by atoms with van der Waals surface area (Å²) in [6.07, 6.45) is 3.28. The summed E-state index contributed by atoms with van der Waals surface area (Å²) in [4.78, 5) is 78.0. The Morgan fingerprint density at radius 3 is 2.41 bits per heavy atom. The maximum Gasteiger partial charge on any atom is 0.350 e. The summed E-state index contributed by atoms with van der Waals surface area (Å²) in [5, 5.41) is 0.232. The average Bonchev–Trinajstić information content (AvgIpc) is 3.45. The molecule has 3 heterocycles. The number of aromatic nitrogens is 4. The van der Waals surface area contributed by atoms with Crippen molar-refractivity contribution in [3.63, 3.8) is 0 Å². The summed E-state index contributed by atoms with van der Waals surface area (Å²) in [7, 11) is 2.82. The van der Waals surface area contributed by atoms with E-state index < -0.39 is 40.6 Å². The Bertz CT molecular complexity index is 2360. The van der Waals surface area contributed by atoms with Crippen LogP contribution >= 0.6 is 46.3 Å². The molecule has 0 aliphatic carbocycles. The van der Waals surface area contributed by atoms with Gasteiger partial charge in [-0.05, 0) is 75.3 Å². The first-order valence-corrected chi connectivity index (χ1v) is 18.7. The third-order valence-corrected chi connectivity index (χ3v) is 10.5. The van der Waals surface area contributed by atoms with Gasteiger partial charge in [0.25, 0.3) is 5.56 Å². The van der Waals surface area contributed by atoms with Crippen LogP contribution in [0.25, 0.3) is 5.69 Å². The number of rotatable bonds is 10. The minimum atomic E-state index is -1.59. The Morgan fingerprint density at radius 2 is 1.74 bits per heavy atom. The Hall–Kier alpha value is -4.71. The van der Waals surface area contributed by atoms with Crippen molar-refractivity contribution in [1.82, 2.24) is 18.5 Å². The van der Waals surface area contributed by atoms with Gasteiger partial charge in [0.1, 0.15) is 18.1 Å². The van der Waals surface area contributed by atoms with Crippen molar-refractivity contribution in [3.8, 4) is 5.69 Å². The van der Waals surface area contributed by atoms with Crippen LogP contribution in [0.15, 0.2) is 73.3 Å². The van der Waals surface area contributed by atoms with Crippen molar-refractivity contribution in [2.45, 2.75) is 57.2 Å². The fraction of sp³-hybridized carbons (Fsp3) is 0.343. The largest absolute Gasteiger partial charge is 0.468 e. The Labute approximate surface area is 326 Å². The van der Waals surface area contributed by atoms with Crippen LogP contribution in [0.2, 0.25) is 10.0 Å². The highest BCUT2D eigenvalue weighted by Crippen LogP contribution is 2.33. The third kappa shape index (κ3) is 9.88. The SMILES string of the molecule is C=CCOC(=O)C(C)(C)OC(=O)c1cc(-n2c(=O)cc(C)n(C)c2=O)ccc1Cl.COC(=O)CSc1cc(N=c2sc(=O)n3n2CCCC3)c(F)cc1Cl. The van der Waals surface area contributed by atoms with E-state index in [0.29, 0.717) is 28.5 Å². The molecule has 0 spiro atoms. The van der Waals surface area contributed by atoms with Gasteiger partial charge in [-0.2, -0.15) is 0 Å². The Morgan fingerprint density at radius 1 is 1.06 bits per heavy atom. The maximum absolute atomic E-state index is 14.3. The van der Waals surface area contributed by atoms with Crippen molar-refractivity contribution >= 4 is 69.9 Å². The van der Waals surface area contributed by atoms with Gasteiger partial charge in [-0.25, -0.2) is 33.0 Å². The molecule has 0 N–H and O–H groups in total. The van der Waals surface area contributed by atoms with Crippen molar-refractivity contribution in [1.29, 1.82) is 0 Å². The van der Waals surface area contributed by atoms with Crippen molar-refractivity contribution in [2.24, 2.45) is 12.0 Å². The number of carbonyl (C=O) groups is 3. The van der Waals surface area contributed by atoms with Gasteiger partial charge in [-0.3, -0.25) is 19.1 Å². The Kier molecular flexibility index (Phi) is 14.1. The second-order valence-electron chi connectivity index (χ2n) is 12.1. The molecule has 288 valence electrons. The van der Waals surface area contributed by atoms with E-state index in [4.69, 9.17) is 32.7 Å². The molecule has 2 aromatic carbocycles. The van der Waals surface area contributed by atoms with Crippen LogP contribution in [0.4, 0.5) is 10.1 Å². The standard InChI is InChI=1S/C20H21ClN2O6.C15H15ClFN3O3S2/c1-6-9-28-18(26)20(3,4)29-17(25)14-11-13(7-8-15(14)21)23-16(24)10-12(2)22(5)19(23)27;1-23-13(21)8-24-12-7-11(10(17)6-9(12)16)18-14-19-4-2-3-5-20(19)15(22)25-14/h6-8,10-11H,1,9H2,2-5H3;6-7H,2-5,8H2,1H3. The smallest absolute Gasteiger partial charge is 0.350 e. The molecule has 0 unspecified atom stereocenters. The minimum Gasteiger partial charge on any atom is -0.468 e. The summed E-state index contributed by atoms with van der Waals surface area (Å²) in [6, 6.07) is 8.00. The predicted molar refractivity (Wildman–Crippen MR) is 203 cm³/mol. The van der Waals surface area contributed by atoms with E-state index in [9.17, 15) is 33.2 Å². The van der Waals surface area contributed by atoms with E-state index in [0.717, 1.165) is 46.6 Å². The molecule has 1 aliphatic rings.